The molecule has 0 N–H and O–H groups in total. The zero-order valence-corrected chi connectivity index (χ0v) is 19.1. The molecule has 3 aromatic rings. The van der Waals surface area contributed by atoms with Gasteiger partial charge >= 0.3 is 6.85 Å². The van der Waals surface area contributed by atoms with Crippen LogP contribution < -0.4 is 20.6 Å². The second-order valence-electron chi connectivity index (χ2n) is 9.62. The predicted molar refractivity (Wildman–Crippen MR) is 125 cm³/mol. The van der Waals surface area contributed by atoms with E-state index in [1.165, 1.54) is 49.2 Å². The smallest absolute Gasteiger partial charge is 0.399 e. The third kappa shape index (κ3) is 2.99. The molecule has 0 spiro atoms. The Morgan fingerprint density at radius 2 is 1.52 bits per heavy atom. The molecule has 0 radical (unpaired) electrons. The van der Waals surface area contributed by atoms with Gasteiger partial charge < -0.3 is 4.81 Å². The first kappa shape index (κ1) is 19.8. The van der Waals surface area contributed by atoms with Gasteiger partial charge in [-0.25, -0.2) is 4.57 Å². The van der Waals surface area contributed by atoms with Gasteiger partial charge in [-0.15, -0.1) is 0 Å². The Hall–Kier alpha value is -2.55. The van der Waals surface area contributed by atoms with E-state index in [1.54, 1.807) is 0 Å². The van der Waals surface area contributed by atoms with Crippen LogP contribution in [0.25, 0.3) is 22.1 Å². The fourth-order valence-electron chi connectivity index (χ4n) is 5.38. The van der Waals surface area contributed by atoms with Crippen molar-refractivity contribution < 1.29 is 4.57 Å². The SMILES string of the molecule is CC1=c2ccccc2=C(C(C)(C)C)N(C)B1c1cc(C)c2c(C)cccc2[n+]1C. The van der Waals surface area contributed by atoms with Crippen LogP contribution in [0, 0.1) is 19.3 Å². The van der Waals surface area contributed by atoms with Crippen molar-refractivity contribution in [3.8, 4) is 0 Å². The molecule has 4 rings (SSSR count). The molecule has 0 atom stereocenters. The Kier molecular flexibility index (Phi) is 4.61. The fraction of sp³-hybridized carbons (Fsp3) is 0.346. The van der Waals surface area contributed by atoms with Crippen molar-refractivity contribution in [2.45, 2.75) is 41.5 Å². The van der Waals surface area contributed by atoms with Gasteiger partial charge in [0.05, 0.1) is 5.39 Å². The minimum absolute atomic E-state index is 0.0604. The average molecular weight is 383 g/mol. The Balaban J connectivity index is 2.08. The van der Waals surface area contributed by atoms with Crippen LogP contribution >= 0.6 is 0 Å². The monoisotopic (exact) mass is 383 g/mol. The summed E-state index contributed by atoms with van der Waals surface area (Å²) in [5, 5.41) is 4.12. The first-order chi connectivity index (χ1) is 13.6. The minimum Gasteiger partial charge on any atom is -0.407 e. The number of aromatic nitrogens is 1. The van der Waals surface area contributed by atoms with Crippen LogP contribution in [0.5, 0.6) is 0 Å². The highest BCUT2D eigenvalue weighted by atomic mass is 15.1. The van der Waals surface area contributed by atoms with Crippen molar-refractivity contribution in [2.75, 3.05) is 7.05 Å². The number of rotatable bonds is 1. The second kappa shape index (κ2) is 6.76. The van der Waals surface area contributed by atoms with E-state index in [1.807, 2.05) is 0 Å². The first-order valence-electron chi connectivity index (χ1n) is 10.5. The second-order valence-corrected chi connectivity index (χ2v) is 9.62. The van der Waals surface area contributed by atoms with E-state index in [0.29, 0.717) is 0 Å². The summed E-state index contributed by atoms with van der Waals surface area (Å²) in [7, 11) is 4.48. The summed E-state index contributed by atoms with van der Waals surface area (Å²) >= 11 is 0. The maximum absolute atomic E-state index is 2.51. The molecule has 1 aliphatic heterocycles. The van der Waals surface area contributed by atoms with Gasteiger partial charge in [0.1, 0.15) is 7.05 Å². The maximum atomic E-state index is 2.51. The third-order valence-corrected chi connectivity index (χ3v) is 6.51. The van der Waals surface area contributed by atoms with Crippen LogP contribution in [-0.4, -0.2) is 18.7 Å². The molecule has 29 heavy (non-hydrogen) atoms. The zero-order valence-electron chi connectivity index (χ0n) is 19.1. The average Bonchev–Trinajstić information content (AvgIpc) is 2.64. The molecule has 0 saturated carbocycles. The lowest BCUT2D eigenvalue weighted by Gasteiger charge is -2.38. The molecule has 0 amide bonds. The van der Waals surface area contributed by atoms with E-state index in [9.17, 15) is 0 Å². The molecule has 0 unspecified atom stereocenters. The van der Waals surface area contributed by atoms with Crippen molar-refractivity contribution in [1.29, 1.82) is 0 Å². The number of pyridine rings is 1. The van der Waals surface area contributed by atoms with Crippen LogP contribution in [-0.2, 0) is 7.05 Å². The molecule has 1 aromatic heterocycles. The van der Waals surface area contributed by atoms with Crippen molar-refractivity contribution in [3.05, 3.63) is 70.1 Å². The Bertz CT molecular complexity index is 1250. The Morgan fingerprint density at radius 3 is 2.17 bits per heavy atom. The van der Waals surface area contributed by atoms with Crippen molar-refractivity contribution in [2.24, 2.45) is 12.5 Å². The highest BCUT2D eigenvalue weighted by Gasteiger charge is 2.40. The van der Waals surface area contributed by atoms with Crippen LogP contribution in [0.2, 0.25) is 0 Å². The normalized spacial score (nSPS) is 14.6. The topological polar surface area (TPSA) is 7.12 Å². The summed E-state index contributed by atoms with van der Waals surface area (Å²) in [6.45, 7) is 13.9. The predicted octanol–water partition coefficient (Wildman–Crippen LogP) is 2.99. The maximum Gasteiger partial charge on any atom is 0.399 e. The molecule has 3 heteroatoms. The molecule has 0 fully saturated rings. The summed E-state index contributed by atoms with van der Waals surface area (Å²) in [6.07, 6.45) is 0. The molecular formula is C26H32BN2+. The number of hydrogen-bond acceptors (Lipinski definition) is 1. The molecular weight excluding hydrogens is 351 g/mol. The number of nitrogens with zero attached hydrogens (tertiary/aromatic N) is 2. The van der Waals surface area contributed by atoms with Gasteiger partial charge in [-0.05, 0) is 49.4 Å². The van der Waals surface area contributed by atoms with E-state index in [4.69, 9.17) is 0 Å². The van der Waals surface area contributed by atoms with Crippen molar-refractivity contribution >= 4 is 34.5 Å². The molecule has 0 bridgehead atoms. The summed E-state index contributed by atoms with van der Waals surface area (Å²) < 4.78 is 2.40. The van der Waals surface area contributed by atoms with E-state index >= 15 is 0 Å². The largest absolute Gasteiger partial charge is 0.407 e. The van der Waals surface area contributed by atoms with Gasteiger partial charge in [0.2, 0.25) is 5.52 Å². The molecule has 0 saturated heterocycles. The zero-order chi connectivity index (χ0) is 21.1. The third-order valence-electron chi connectivity index (χ3n) is 6.51. The Labute approximate surface area is 175 Å². The van der Waals surface area contributed by atoms with Crippen LogP contribution in [0.15, 0.2) is 48.5 Å². The van der Waals surface area contributed by atoms with E-state index in [-0.39, 0.29) is 12.3 Å². The van der Waals surface area contributed by atoms with Gasteiger partial charge in [0.25, 0.3) is 0 Å². The number of aryl methyl sites for hydroxylation is 3. The number of hydrogen-bond donors (Lipinski definition) is 0. The minimum atomic E-state index is 0.0604. The van der Waals surface area contributed by atoms with Gasteiger partial charge in [-0.2, -0.15) is 0 Å². The Morgan fingerprint density at radius 1 is 0.862 bits per heavy atom. The molecule has 148 valence electrons. The lowest BCUT2D eigenvalue weighted by atomic mass is 9.48. The summed E-state index contributed by atoms with van der Waals surface area (Å²) in [5.74, 6) is 0. The lowest BCUT2D eigenvalue weighted by molar-refractivity contribution is -0.627. The highest BCUT2D eigenvalue weighted by molar-refractivity contribution is 6.86. The van der Waals surface area contributed by atoms with E-state index in [2.05, 4.69) is 114 Å². The van der Waals surface area contributed by atoms with Gasteiger partial charge in [0, 0.05) is 23.2 Å². The van der Waals surface area contributed by atoms with Gasteiger partial charge in [-0.1, -0.05) is 62.6 Å². The van der Waals surface area contributed by atoms with Crippen LogP contribution in [0.3, 0.4) is 0 Å². The lowest BCUT2D eigenvalue weighted by Crippen LogP contribution is -2.65. The molecule has 2 heterocycles. The highest BCUT2D eigenvalue weighted by Crippen LogP contribution is 2.30. The van der Waals surface area contributed by atoms with Gasteiger partial charge in [-0.3, -0.25) is 0 Å². The first-order valence-corrected chi connectivity index (χ1v) is 10.5. The summed E-state index contributed by atoms with van der Waals surface area (Å²) in [5.41, 5.74) is 8.22. The fourth-order valence-corrected chi connectivity index (χ4v) is 5.38. The number of fused-ring (bicyclic) bond motifs is 2. The molecule has 0 aliphatic carbocycles. The quantitative estimate of drug-likeness (QED) is 0.463. The van der Waals surface area contributed by atoms with Crippen molar-refractivity contribution in [3.63, 3.8) is 0 Å². The number of benzene rings is 2. The van der Waals surface area contributed by atoms with Crippen molar-refractivity contribution in [1.82, 2.24) is 4.81 Å². The summed E-state index contributed by atoms with van der Waals surface area (Å²) in [4.78, 5) is 2.51. The van der Waals surface area contributed by atoms with Gasteiger partial charge in [0.15, 0.2) is 5.59 Å². The standard InChI is InChI=1S/C26H32BN2/c1-17-12-11-15-22-24(17)18(2)16-23(28(22)7)27-19(3)20-13-9-10-14-21(20)25(29(27)8)26(4,5)6/h9-16H,1-8H3/q+1. The van der Waals surface area contributed by atoms with E-state index in [0.717, 1.165) is 0 Å². The molecule has 2 nitrogen and oxygen atoms in total. The molecule has 2 aromatic carbocycles. The summed E-state index contributed by atoms with van der Waals surface area (Å²) in [6, 6.07) is 17.9. The van der Waals surface area contributed by atoms with E-state index < -0.39 is 0 Å². The molecule has 1 aliphatic rings. The van der Waals surface area contributed by atoms with Crippen LogP contribution in [0.4, 0.5) is 0 Å². The van der Waals surface area contributed by atoms with Crippen LogP contribution in [0.1, 0.15) is 38.8 Å².